The number of hydrogen-bond acceptors (Lipinski definition) is 2. The Bertz CT molecular complexity index is 237. The Balaban J connectivity index is 1.91. The molecule has 18 heavy (non-hydrogen) atoms. The maximum Gasteiger partial charge on any atom is 0.0616 e. The van der Waals surface area contributed by atoms with Crippen molar-refractivity contribution in [2.75, 3.05) is 19.7 Å². The minimum atomic E-state index is 0.428. The lowest BCUT2D eigenvalue weighted by Gasteiger charge is -2.37. The molecule has 2 atom stereocenters. The summed E-state index contributed by atoms with van der Waals surface area (Å²) in [5.41, 5.74) is 0.428. The molecule has 0 aromatic carbocycles. The Labute approximate surface area is 113 Å². The van der Waals surface area contributed by atoms with Gasteiger partial charge >= 0.3 is 0 Å². The van der Waals surface area contributed by atoms with Gasteiger partial charge in [0.15, 0.2) is 0 Å². The van der Waals surface area contributed by atoms with Crippen molar-refractivity contribution in [1.82, 2.24) is 5.32 Å². The summed E-state index contributed by atoms with van der Waals surface area (Å²) in [4.78, 5) is 0. The fourth-order valence-electron chi connectivity index (χ4n) is 3.87. The van der Waals surface area contributed by atoms with Gasteiger partial charge in [0.1, 0.15) is 0 Å². The molecule has 1 saturated carbocycles. The topological polar surface area (TPSA) is 21.3 Å². The average Bonchev–Trinajstić information content (AvgIpc) is 2.73. The summed E-state index contributed by atoms with van der Waals surface area (Å²) < 4.78 is 5.90. The van der Waals surface area contributed by atoms with E-state index in [1.807, 2.05) is 0 Å². The zero-order valence-corrected chi connectivity index (χ0v) is 12.3. The lowest BCUT2D eigenvalue weighted by Crippen LogP contribution is -2.41. The van der Waals surface area contributed by atoms with Crippen LogP contribution in [-0.2, 0) is 4.74 Å². The van der Waals surface area contributed by atoms with Crippen molar-refractivity contribution in [3.63, 3.8) is 0 Å². The molecule has 0 aromatic heterocycles. The zero-order chi connectivity index (χ0) is 12.8. The van der Waals surface area contributed by atoms with E-state index in [0.29, 0.717) is 11.5 Å². The first-order valence-corrected chi connectivity index (χ1v) is 8.09. The second-order valence-electron chi connectivity index (χ2n) is 6.51. The van der Waals surface area contributed by atoms with Gasteiger partial charge in [0.2, 0.25) is 0 Å². The minimum Gasteiger partial charge on any atom is -0.378 e. The Kier molecular flexibility index (Phi) is 5.50. The fraction of sp³-hybridized carbons (Fsp3) is 1.00. The number of rotatable bonds is 6. The van der Waals surface area contributed by atoms with Gasteiger partial charge in [-0.3, -0.25) is 0 Å². The standard InChI is InChI=1S/C16H31NO/c1-3-10-17-13-16(9-11-18-14(16)2)12-15-7-5-4-6-8-15/h14-15,17H,3-13H2,1-2H3. The van der Waals surface area contributed by atoms with E-state index < -0.39 is 0 Å². The summed E-state index contributed by atoms with van der Waals surface area (Å²) in [5.74, 6) is 0.964. The monoisotopic (exact) mass is 253 g/mol. The van der Waals surface area contributed by atoms with Crippen LogP contribution in [0, 0.1) is 11.3 Å². The van der Waals surface area contributed by atoms with Gasteiger partial charge in [-0.1, -0.05) is 39.0 Å². The molecule has 2 nitrogen and oxygen atoms in total. The second kappa shape index (κ2) is 6.91. The zero-order valence-electron chi connectivity index (χ0n) is 12.3. The van der Waals surface area contributed by atoms with Gasteiger partial charge in [0.25, 0.3) is 0 Å². The highest BCUT2D eigenvalue weighted by atomic mass is 16.5. The highest BCUT2D eigenvalue weighted by molar-refractivity contribution is 4.93. The molecule has 2 fully saturated rings. The molecule has 1 saturated heterocycles. The molecule has 0 aromatic rings. The molecule has 1 aliphatic carbocycles. The fourth-order valence-corrected chi connectivity index (χ4v) is 3.87. The molecule has 2 rings (SSSR count). The van der Waals surface area contributed by atoms with E-state index in [9.17, 15) is 0 Å². The van der Waals surface area contributed by atoms with Crippen molar-refractivity contribution in [2.45, 2.75) is 71.3 Å². The molecule has 0 bridgehead atoms. The van der Waals surface area contributed by atoms with Crippen LogP contribution in [0.1, 0.15) is 65.2 Å². The number of ether oxygens (including phenoxy) is 1. The van der Waals surface area contributed by atoms with Crippen LogP contribution in [0.15, 0.2) is 0 Å². The molecule has 0 amide bonds. The van der Waals surface area contributed by atoms with Crippen molar-refractivity contribution in [3.05, 3.63) is 0 Å². The van der Waals surface area contributed by atoms with Crippen molar-refractivity contribution in [3.8, 4) is 0 Å². The molecule has 106 valence electrons. The molecule has 0 radical (unpaired) electrons. The van der Waals surface area contributed by atoms with Gasteiger partial charge in [-0.2, -0.15) is 0 Å². The highest BCUT2D eigenvalue weighted by Gasteiger charge is 2.42. The Morgan fingerprint density at radius 2 is 2.00 bits per heavy atom. The summed E-state index contributed by atoms with van der Waals surface area (Å²) >= 11 is 0. The normalized spacial score (nSPS) is 34.0. The molecule has 1 aliphatic heterocycles. The highest BCUT2D eigenvalue weighted by Crippen LogP contribution is 2.43. The molecule has 1 heterocycles. The van der Waals surface area contributed by atoms with Gasteiger partial charge < -0.3 is 10.1 Å². The lowest BCUT2D eigenvalue weighted by molar-refractivity contribution is 0.0451. The second-order valence-corrected chi connectivity index (χ2v) is 6.51. The van der Waals surface area contributed by atoms with Crippen LogP contribution in [0.4, 0.5) is 0 Å². The van der Waals surface area contributed by atoms with E-state index >= 15 is 0 Å². The summed E-state index contributed by atoms with van der Waals surface area (Å²) in [7, 11) is 0. The van der Waals surface area contributed by atoms with Crippen molar-refractivity contribution >= 4 is 0 Å². The molecular weight excluding hydrogens is 222 g/mol. The van der Waals surface area contributed by atoms with Crippen LogP contribution < -0.4 is 5.32 Å². The molecule has 2 heteroatoms. The lowest BCUT2D eigenvalue weighted by atomic mass is 9.71. The maximum absolute atomic E-state index is 5.90. The summed E-state index contributed by atoms with van der Waals surface area (Å²) in [6.45, 7) is 7.83. The van der Waals surface area contributed by atoms with E-state index in [1.165, 1.54) is 57.9 Å². The maximum atomic E-state index is 5.90. The first-order valence-electron chi connectivity index (χ1n) is 8.09. The van der Waals surface area contributed by atoms with E-state index in [4.69, 9.17) is 4.74 Å². The van der Waals surface area contributed by atoms with Crippen molar-refractivity contribution < 1.29 is 4.74 Å². The van der Waals surface area contributed by atoms with E-state index in [0.717, 1.165) is 19.1 Å². The summed E-state index contributed by atoms with van der Waals surface area (Å²) in [6, 6.07) is 0. The van der Waals surface area contributed by atoms with Gasteiger partial charge in [0.05, 0.1) is 6.10 Å². The van der Waals surface area contributed by atoms with Crippen molar-refractivity contribution in [1.29, 1.82) is 0 Å². The van der Waals surface area contributed by atoms with Crippen LogP contribution in [0.25, 0.3) is 0 Å². The Morgan fingerprint density at radius 3 is 2.61 bits per heavy atom. The quantitative estimate of drug-likeness (QED) is 0.728. The first kappa shape index (κ1) is 14.3. The largest absolute Gasteiger partial charge is 0.378 e. The van der Waals surface area contributed by atoms with Gasteiger partial charge in [-0.25, -0.2) is 0 Å². The Hall–Kier alpha value is -0.0800. The smallest absolute Gasteiger partial charge is 0.0616 e. The van der Waals surface area contributed by atoms with Crippen LogP contribution in [0.3, 0.4) is 0 Å². The molecule has 0 spiro atoms. The third-order valence-electron chi connectivity index (χ3n) is 5.15. The first-order chi connectivity index (χ1) is 8.77. The third-order valence-corrected chi connectivity index (χ3v) is 5.15. The third kappa shape index (κ3) is 3.48. The Morgan fingerprint density at radius 1 is 1.22 bits per heavy atom. The summed E-state index contributed by atoms with van der Waals surface area (Å²) in [6.07, 6.45) is 11.6. The van der Waals surface area contributed by atoms with E-state index in [-0.39, 0.29) is 0 Å². The summed E-state index contributed by atoms with van der Waals surface area (Å²) in [5, 5.41) is 3.66. The van der Waals surface area contributed by atoms with Crippen molar-refractivity contribution in [2.24, 2.45) is 11.3 Å². The number of hydrogen-bond donors (Lipinski definition) is 1. The predicted octanol–water partition coefficient (Wildman–Crippen LogP) is 3.75. The van der Waals surface area contributed by atoms with Gasteiger partial charge in [0, 0.05) is 18.6 Å². The van der Waals surface area contributed by atoms with E-state index in [2.05, 4.69) is 19.2 Å². The van der Waals surface area contributed by atoms with Crippen LogP contribution >= 0.6 is 0 Å². The van der Waals surface area contributed by atoms with Gasteiger partial charge in [-0.05, 0) is 38.6 Å². The molecule has 2 unspecified atom stereocenters. The van der Waals surface area contributed by atoms with E-state index in [1.54, 1.807) is 0 Å². The molecule has 2 aliphatic rings. The molecular formula is C16H31NO. The molecule has 1 N–H and O–H groups in total. The SMILES string of the molecule is CCCNCC1(CC2CCCCC2)CCOC1C. The number of nitrogens with one attached hydrogen (secondary N) is 1. The van der Waals surface area contributed by atoms with Crippen LogP contribution in [0.5, 0.6) is 0 Å². The van der Waals surface area contributed by atoms with Crippen LogP contribution in [0.2, 0.25) is 0 Å². The minimum absolute atomic E-state index is 0.428. The van der Waals surface area contributed by atoms with Gasteiger partial charge in [-0.15, -0.1) is 0 Å². The average molecular weight is 253 g/mol. The van der Waals surface area contributed by atoms with Crippen LogP contribution in [-0.4, -0.2) is 25.8 Å². The predicted molar refractivity (Wildman–Crippen MR) is 76.8 cm³/mol.